The largest absolute Gasteiger partial charge is 0.496 e. The number of H-pyrrole nitrogens is 1. The predicted molar refractivity (Wildman–Crippen MR) is 101 cm³/mol. The SMILES string of the molecule is CNc1nc(N)nc2ccn(Cc3cc(C(F)(F)c4nn[nH]n4)ccc3OC)c12. The van der Waals surface area contributed by atoms with Gasteiger partial charge in [-0.05, 0) is 29.5 Å². The number of benzene rings is 1. The van der Waals surface area contributed by atoms with Crippen LogP contribution in [0.5, 0.6) is 5.75 Å². The second-order valence-corrected chi connectivity index (χ2v) is 6.19. The van der Waals surface area contributed by atoms with Gasteiger partial charge in [-0.2, -0.15) is 19.0 Å². The summed E-state index contributed by atoms with van der Waals surface area (Å²) in [7, 11) is 3.19. The predicted octanol–water partition coefficient (Wildman–Crippen LogP) is 1.77. The van der Waals surface area contributed by atoms with E-state index in [-0.39, 0.29) is 18.1 Å². The van der Waals surface area contributed by atoms with Crippen LogP contribution in [0.4, 0.5) is 20.5 Å². The number of nitrogens with two attached hydrogens (primary N) is 1. The third kappa shape index (κ3) is 3.17. The van der Waals surface area contributed by atoms with E-state index in [0.717, 1.165) is 0 Å². The quantitative estimate of drug-likeness (QED) is 0.445. The van der Waals surface area contributed by atoms with Crippen molar-refractivity contribution in [3.05, 3.63) is 47.4 Å². The molecule has 0 saturated heterocycles. The Morgan fingerprint density at radius 1 is 1.28 bits per heavy atom. The summed E-state index contributed by atoms with van der Waals surface area (Å²) in [5.41, 5.74) is 7.31. The van der Waals surface area contributed by atoms with Crippen molar-refractivity contribution in [1.82, 2.24) is 35.2 Å². The molecule has 3 heterocycles. The van der Waals surface area contributed by atoms with Crippen molar-refractivity contribution in [3.63, 3.8) is 0 Å². The van der Waals surface area contributed by atoms with Gasteiger partial charge < -0.3 is 20.4 Å². The number of rotatable bonds is 6. The van der Waals surface area contributed by atoms with E-state index in [2.05, 4.69) is 35.9 Å². The molecule has 0 saturated carbocycles. The Kier molecular flexibility index (Phi) is 4.45. The standard InChI is InChI=1S/C17H17F2N9O/c1-21-14-13-11(22-16(20)23-14)5-6-28(13)8-9-7-10(3-4-12(9)29-2)17(18,19)15-24-26-27-25-15/h3-7H,8H2,1-2H3,(H3,20,21,22,23)(H,24,25,26,27). The molecule has 29 heavy (non-hydrogen) atoms. The Hall–Kier alpha value is -3.83. The van der Waals surface area contributed by atoms with E-state index >= 15 is 0 Å². The van der Waals surface area contributed by atoms with Gasteiger partial charge in [0.15, 0.2) is 5.82 Å². The summed E-state index contributed by atoms with van der Waals surface area (Å²) in [6, 6.07) is 5.89. The lowest BCUT2D eigenvalue weighted by atomic mass is 10.0. The summed E-state index contributed by atoms with van der Waals surface area (Å²) in [6.07, 6.45) is 1.78. The number of halogens is 2. The first-order valence-electron chi connectivity index (χ1n) is 8.53. The number of alkyl halides is 2. The molecule has 4 rings (SSSR count). The molecule has 0 unspecified atom stereocenters. The third-order valence-corrected chi connectivity index (χ3v) is 4.47. The molecule has 0 aliphatic heterocycles. The van der Waals surface area contributed by atoms with Crippen LogP contribution in [0.3, 0.4) is 0 Å². The maximum atomic E-state index is 14.8. The molecule has 0 aliphatic rings. The highest BCUT2D eigenvalue weighted by atomic mass is 19.3. The van der Waals surface area contributed by atoms with E-state index in [0.29, 0.717) is 28.2 Å². The van der Waals surface area contributed by atoms with Crippen LogP contribution in [0.25, 0.3) is 11.0 Å². The first kappa shape index (κ1) is 18.5. The molecule has 0 atom stereocenters. The van der Waals surface area contributed by atoms with Crippen molar-refractivity contribution in [3.8, 4) is 5.75 Å². The fraction of sp³-hybridized carbons (Fsp3) is 0.235. The lowest BCUT2D eigenvalue weighted by molar-refractivity contribution is 0.0327. The summed E-state index contributed by atoms with van der Waals surface area (Å²) in [4.78, 5) is 8.39. The Morgan fingerprint density at radius 2 is 2.10 bits per heavy atom. The fourth-order valence-electron chi connectivity index (χ4n) is 3.14. The highest BCUT2D eigenvalue weighted by Gasteiger charge is 2.39. The molecule has 10 nitrogen and oxygen atoms in total. The number of nitrogens with one attached hydrogen (secondary N) is 2. The molecule has 3 aromatic heterocycles. The Bertz CT molecular complexity index is 1160. The number of ether oxygens (including phenoxy) is 1. The van der Waals surface area contributed by atoms with Crippen molar-refractivity contribution < 1.29 is 13.5 Å². The van der Waals surface area contributed by atoms with Gasteiger partial charge in [-0.25, -0.2) is 4.98 Å². The number of methoxy groups -OCH3 is 1. The van der Waals surface area contributed by atoms with Crippen LogP contribution >= 0.6 is 0 Å². The topological polar surface area (TPSA) is 132 Å². The molecule has 0 radical (unpaired) electrons. The van der Waals surface area contributed by atoms with E-state index in [9.17, 15) is 8.78 Å². The van der Waals surface area contributed by atoms with Gasteiger partial charge in [0.05, 0.1) is 19.2 Å². The summed E-state index contributed by atoms with van der Waals surface area (Å²) >= 11 is 0. The molecular formula is C17H17F2N9O. The molecule has 0 spiro atoms. The third-order valence-electron chi connectivity index (χ3n) is 4.47. The Balaban J connectivity index is 1.79. The maximum Gasteiger partial charge on any atom is 0.335 e. The van der Waals surface area contributed by atoms with Crippen molar-refractivity contribution in [2.45, 2.75) is 12.5 Å². The smallest absolute Gasteiger partial charge is 0.335 e. The van der Waals surface area contributed by atoms with Crippen LogP contribution in [0.2, 0.25) is 0 Å². The number of fused-ring (bicyclic) bond motifs is 1. The second-order valence-electron chi connectivity index (χ2n) is 6.19. The van der Waals surface area contributed by atoms with E-state index in [1.165, 1.54) is 25.3 Å². The van der Waals surface area contributed by atoms with Gasteiger partial charge in [-0.15, -0.1) is 10.2 Å². The van der Waals surface area contributed by atoms with E-state index in [1.807, 2.05) is 4.57 Å². The van der Waals surface area contributed by atoms with Crippen LogP contribution < -0.4 is 15.8 Å². The minimum absolute atomic E-state index is 0.138. The van der Waals surface area contributed by atoms with Crippen molar-refractivity contribution >= 4 is 22.8 Å². The van der Waals surface area contributed by atoms with Crippen LogP contribution in [0, 0.1) is 0 Å². The average molecular weight is 401 g/mol. The molecule has 0 bridgehead atoms. The van der Waals surface area contributed by atoms with Gasteiger partial charge in [0, 0.05) is 24.4 Å². The summed E-state index contributed by atoms with van der Waals surface area (Å²) < 4.78 is 36.7. The average Bonchev–Trinajstić information content (AvgIpc) is 3.38. The normalized spacial score (nSPS) is 11.7. The number of nitrogen functional groups attached to an aromatic ring is 1. The number of aromatic amines is 1. The highest BCUT2D eigenvalue weighted by Crippen LogP contribution is 2.36. The van der Waals surface area contributed by atoms with Gasteiger partial charge in [-0.3, -0.25) is 0 Å². The van der Waals surface area contributed by atoms with Gasteiger partial charge in [0.2, 0.25) is 11.8 Å². The number of tetrazole rings is 1. The zero-order valence-corrected chi connectivity index (χ0v) is 15.5. The lowest BCUT2D eigenvalue weighted by Gasteiger charge is -2.17. The molecule has 4 aromatic rings. The zero-order valence-electron chi connectivity index (χ0n) is 15.5. The number of hydrogen-bond donors (Lipinski definition) is 3. The van der Waals surface area contributed by atoms with E-state index < -0.39 is 11.7 Å². The zero-order chi connectivity index (χ0) is 20.6. The molecule has 0 fully saturated rings. The molecule has 0 aliphatic carbocycles. The van der Waals surface area contributed by atoms with Crippen molar-refractivity contribution in [2.24, 2.45) is 0 Å². The first-order valence-corrected chi connectivity index (χ1v) is 8.53. The van der Waals surface area contributed by atoms with Crippen LogP contribution in [0.1, 0.15) is 17.0 Å². The molecular weight excluding hydrogens is 384 g/mol. The monoisotopic (exact) mass is 401 g/mol. The number of anilines is 2. The van der Waals surface area contributed by atoms with Gasteiger partial charge in [0.1, 0.15) is 11.3 Å². The van der Waals surface area contributed by atoms with Gasteiger partial charge >= 0.3 is 5.92 Å². The van der Waals surface area contributed by atoms with E-state index in [1.54, 1.807) is 19.3 Å². The Labute approximate surface area is 163 Å². The molecule has 0 amide bonds. The Morgan fingerprint density at radius 3 is 2.79 bits per heavy atom. The first-order chi connectivity index (χ1) is 13.9. The highest BCUT2D eigenvalue weighted by molar-refractivity contribution is 5.87. The van der Waals surface area contributed by atoms with Crippen molar-refractivity contribution in [2.75, 3.05) is 25.2 Å². The van der Waals surface area contributed by atoms with Gasteiger partial charge in [-0.1, -0.05) is 0 Å². The maximum absolute atomic E-state index is 14.8. The molecule has 4 N–H and O–H groups in total. The number of hydrogen-bond acceptors (Lipinski definition) is 8. The summed E-state index contributed by atoms with van der Waals surface area (Å²) in [6.45, 7) is 0.241. The minimum atomic E-state index is -3.42. The molecule has 12 heteroatoms. The van der Waals surface area contributed by atoms with Crippen LogP contribution in [-0.2, 0) is 12.5 Å². The minimum Gasteiger partial charge on any atom is -0.496 e. The lowest BCUT2D eigenvalue weighted by Crippen LogP contribution is -2.18. The molecule has 1 aromatic carbocycles. The number of aromatic nitrogens is 7. The van der Waals surface area contributed by atoms with E-state index in [4.69, 9.17) is 10.5 Å². The van der Waals surface area contributed by atoms with Gasteiger partial charge in [0.25, 0.3) is 0 Å². The molecule has 150 valence electrons. The summed E-state index contributed by atoms with van der Waals surface area (Å²) in [5, 5.41) is 15.1. The van der Waals surface area contributed by atoms with Crippen molar-refractivity contribution in [1.29, 1.82) is 0 Å². The fourth-order valence-corrected chi connectivity index (χ4v) is 3.14. The number of nitrogens with zero attached hydrogens (tertiary/aromatic N) is 6. The van der Waals surface area contributed by atoms with Crippen LogP contribution in [-0.4, -0.2) is 49.3 Å². The van der Waals surface area contributed by atoms with Crippen LogP contribution in [0.15, 0.2) is 30.5 Å². The second kappa shape index (κ2) is 6.96. The summed E-state index contributed by atoms with van der Waals surface area (Å²) in [5.74, 6) is -2.99.